The van der Waals surface area contributed by atoms with Crippen LogP contribution in [-0.4, -0.2) is 44.4 Å². The van der Waals surface area contributed by atoms with Crippen molar-refractivity contribution < 1.29 is 9.18 Å². The molecule has 0 bridgehead atoms. The Morgan fingerprint density at radius 1 is 1.03 bits per heavy atom. The van der Waals surface area contributed by atoms with Gasteiger partial charge in [-0.2, -0.15) is 0 Å². The van der Waals surface area contributed by atoms with Crippen molar-refractivity contribution in [1.29, 1.82) is 0 Å². The molecule has 30 heavy (non-hydrogen) atoms. The Balaban J connectivity index is 1.61. The van der Waals surface area contributed by atoms with Crippen molar-refractivity contribution >= 4 is 17.7 Å². The Hall–Kier alpha value is -2.67. The normalized spacial score (nSPS) is 19.1. The number of likely N-dealkylation sites (tertiary alicyclic amines) is 1. The second-order valence-corrected chi connectivity index (χ2v) is 8.93. The van der Waals surface area contributed by atoms with Gasteiger partial charge in [0.2, 0.25) is 5.91 Å². The minimum Gasteiger partial charge on any atom is -0.341 e. The van der Waals surface area contributed by atoms with Gasteiger partial charge < -0.3 is 4.90 Å². The molecule has 0 aliphatic carbocycles. The molecule has 156 valence electrons. The number of para-hydroxylation sites is 1. The van der Waals surface area contributed by atoms with Crippen molar-refractivity contribution in [3.05, 3.63) is 60.4 Å². The van der Waals surface area contributed by atoms with Gasteiger partial charge in [0.25, 0.3) is 0 Å². The van der Waals surface area contributed by atoms with Gasteiger partial charge in [-0.25, -0.2) is 4.39 Å². The molecule has 0 radical (unpaired) electrons. The van der Waals surface area contributed by atoms with Crippen LogP contribution in [0.15, 0.2) is 59.8 Å². The number of carbonyl (C=O) groups is 1. The van der Waals surface area contributed by atoms with E-state index in [1.54, 1.807) is 18.2 Å². The van der Waals surface area contributed by atoms with Crippen molar-refractivity contribution in [2.24, 2.45) is 11.8 Å². The van der Waals surface area contributed by atoms with E-state index in [9.17, 15) is 9.18 Å². The summed E-state index contributed by atoms with van der Waals surface area (Å²) >= 11 is 1.34. The van der Waals surface area contributed by atoms with Crippen LogP contribution < -0.4 is 0 Å². The summed E-state index contributed by atoms with van der Waals surface area (Å²) in [6.45, 7) is 5.98. The van der Waals surface area contributed by atoms with E-state index in [1.807, 2.05) is 39.8 Å². The van der Waals surface area contributed by atoms with E-state index in [4.69, 9.17) is 0 Å². The molecular formula is C23H25FN4OS. The summed E-state index contributed by atoms with van der Waals surface area (Å²) in [5.41, 5.74) is 1.21. The van der Waals surface area contributed by atoms with Gasteiger partial charge in [0.15, 0.2) is 11.0 Å². The van der Waals surface area contributed by atoms with Crippen molar-refractivity contribution in [1.82, 2.24) is 19.7 Å². The van der Waals surface area contributed by atoms with E-state index >= 15 is 0 Å². The molecule has 1 aliphatic heterocycles. The lowest BCUT2D eigenvalue weighted by molar-refractivity contribution is -0.130. The molecule has 1 amide bonds. The minimum absolute atomic E-state index is 0.105. The first kappa shape index (κ1) is 20.6. The van der Waals surface area contributed by atoms with Crippen LogP contribution in [0.1, 0.15) is 20.3 Å². The van der Waals surface area contributed by atoms with Crippen LogP contribution in [-0.2, 0) is 4.79 Å². The molecule has 4 rings (SSSR count). The third kappa shape index (κ3) is 4.41. The second-order valence-electron chi connectivity index (χ2n) is 7.99. The lowest BCUT2D eigenvalue weighted by atomic mass is 9.92. The summed E-state index contributed by atoms with van der Waals surface area (Å²) in [7, 11) is 0. The number of thioether (sulfide) groups is 1. The van der Waals surface area contributed by atoms with Gasteiger partial charge in [0, 0.05) is 18.8 Å². The number of hydrogen-bond donors (Lipinski definition) is 0. The van der Waals surface area contributed by atoms with Crippen molar-refractivity contribution in [2.75, 3.05) is 18.8 Å². The van der Waals surface area contributed by atoms with Gasteiger partial charge >= 0.3 is 0 Å². The minimum atomic E-state index is -0.356. The molecule has 7 heteroatoms. The Kier molecular flexibility index (Phi) is 6.18. The monoisotopic (exact) mass is 424 g/mol. The Bertz CT molecular complexity index is 1010. The lowest BCUT2D eigenvalue weighted by Gasteiger charge is -2.34. The zero-order valence-corrected chi connectivity index (χ0v) is 18.0. The van der Waals surface area contributed by atoms with E-state index in [0.717, 1.165) is 25.2 Å². The van der Waals surface area contributed by atoms with Crippen molar-refractivity contribution in [2.45, 2.75) is 25.4 Å². The zero-order valence-electron chi connectivity index (χ0n) is 17.2. The van der Waals surface area contributed by atoms with Gasteiger partial charge in [0.1, 0.15) is 5.82 Å². The fourth-order valence-corrected chi connectivity index (χ4v) is 4.93. The summed E-state index contributed by atoms with van der Waals surface area (Å²) in [4.78, 5) is 14.8. The number of aromatic nitrogens is 3. The first-order valence-corrected chi connectivity index (χ1v) is 11.2. The molecule has 1 aromatic heterocycles. The van der Waals surface area contributed by atoms with Crippen LogP contribution in [0.5, 0.6) is 0 Å². The fourth-order valence-electron chi connectivity index (χ4n) is 4.07. The van der Waals surface area contributed by atoms with Crippen LogP contribution in [0.4, 0.5) is 4.39 Å². The molecular weight excluding hydrogens is 399 g/mol. The average Bonchev–Trinajstić information content (AvgIpc) is 3.16. The van der Waals surface area contributed by atoms with E-state index < -0.39 is 0 Å². The molecule has 2 atom stereocenters. The molecule has 2 aromatic carbocycles. The van der Waals surface area contributed by atoms with Gasteiger partial charge in [0.05, 0.1) is 11.3 Å². The molecule has 0 saturated carbocycles. The van der Waals surface area contributed by atoms with Crippen LogP contribution in [0.3, 0.4) is 0 Å². The maximum absolute atomic E-state index is 14.5. The molecule has 1 saturated heterocycles. The third-order valence-corrected chi connectivity index (χ3v) is 6.22. The van der Waals surface area contributed by atoms with Gasteiger partial charge in [-0.3, -0.25) is 9.36 Å². The number of rotatable bonds is 5. The third-order valence-electron chi connectivity index (χ3n) is 5.31. The summed E-state index contributed by atoms with van der Waals surface area (Å²) in [6.07, 6.45) is 1.16. The quantitative estimate of drug-likeness (QED) is 0.559. The van der Waals surface area contributed by atoms with E-state index in [1.165, 1.54) is 17.8 Å². The maximum atomic E-state index is 14.5. The highest BCUT2D eigenvalue weighted by Gasteiger charge is 2.26. The molecule has 1 fully saturated rings. The topological polar surface area (TPSA) is 51.0 Å². The summed E-state index contributed by atoms with van der Waals surface area (Å²) in [5.74, 6) is 1.49. The molecule has 2 heterocycles. The molecule has 0 N–H and O–H groups in total. The Labute approximate surface area is 180 Å². The largest absolute Gasteiger partial charge is 0.341 e. The Morgan fingerprint density at radius 2 is 1.70 bits per heavy atom. The first-order valence-electron chi connectivity index (χ1n) is 10.2. The molecule has 1 aliphatic rings. The summed E-state index contributed by atoms with van der Waals surface area (Å²) in [6, 6.07) is 16.1. The summed E-state index contributed by atoms with van der Waals surface area (Å²) < 4.78 is 16.3. The van der Waals surface area contributed by atoms with E-state index in [-0.39, 0.29) is 17.5 Å². The number of amides is 1. The average molecular weight is 425 g/mol. The predicted octanol–water partition coefficient (Wildman–Crippen LogP) is 4.67. The number of carbonyl (C=O) groups excluding carboxylic acids is 1. The zero-order chi connectivity index (χ0) is 21.1. The van der Waals surface area contributed by atoms with Crippen molar-refractivity contribution in [3.63, 3.8) is 0 Å². The number of halogens is 1. The Morgan fingerprint density at radius 3 is 2.40 bits per heavy atom. The highest BCUT2D eigenvalue weighted by Crippen LogP contribution is 2.30. The van der Waals surface area contributed by atoms with E-state index in [2.05, 4.69) is 24.0 Å². The highest BCUT2D eigenvalue weighted by molar-refractivity contribution is 7.99. The molecule has 5 nitrogen and oxygen atoms in total. The SMILES string of the molecule is CC1CC(C)CN(C(=O)CSc2nnc(-c3ccccc3F)n2-c2ccccc2)C1. The van der Waals surface area contributed by atoms with Gasteiger partial charge in [-0.15, -0.1) is 10.2 Å². The smallest absolute Gasteiger partial charge is 0.233 e. The number of benzene rings is 2. The number of piperidine rings is 1. The fraction of sp³-hybridized carbons (Fsp3) is 0.348. The molecule has 2 unspecified atom stereocenters. The van der Waals surface area contributed by atoms with Gasteiger partial charge in [-0.05, 0) is 42.5 Å². The standard InChI is InChI=1S/C23H25FN4OS/c1-16-12-17(2)14-27(13-16)21(29)15-30-23-26-25-22(19-10-6-7-11-20(19)24)28(23)18-8-4-3-5-9-18/h3-11,16-17H,12-15H2,1-2H3. The number of hydrogen-bond acceptors (Lipinski definition) is 4. The number of nitrogens with zero attached hydrogens (tertiary/aromatic N) is 4. The van der Waals surface area contributed by atoms with E-state index in [0.29, 0.717) is 28.4 Å². The molecule has 0 spiro atoms. The van der Waals surface area contributed by atoms with Crippen molar-refractivity contribution in [3.8, 4) is 17.1 Å². The van der Waals surface area contributed by atoms with Crippen LogP contribution in [0, 0.1) is 17.7 Å². The highest BCUT2D eigenvalue weighted by atomic mass is 32.2. The lowest BCUT2D eigenvalue weighted by Crippen LogP contribution is -2.43. The first-order chi connectivity index (χ1) is 14.5. The van der Waals surface area contributed by atoms with Gasteiger partial charge in [-0.1, -0.05) is 55.9 Å². The summed E-state index contributed by atoms with van der Waals surface area (Å²) in [5, 5.41) is 9.14. The van der Waals surface area contributed by atoms with Crippen LogP contribution in [0.25, 0.3) is 17.1 Å². The molecule has 3 aromatic rings. The predicted molar refractivity (Wildman–Crippen MR) is 117 cm³/mol. The van der Waals surface area contributed by atoms with Crippen LogP contribution in [0.2, 0.25) is 0 Å². The second kappa shape index (κ2) is 9.00. The van der Waals surface area contributed by atoms with Crippen LogP contribution >= 0.6 is 11.8 Å². The maximum Gasteiger partial charge on any atom is 0.233 e.